The first-order valence-corrected chi connectivity index (χ1v) is 3.74. The van der Waals surface area contributed by atoms with Crippen LogP contribution in [-0.2, 0) is 4.79 Å². The van der Waals surface area contributed by atoms with Gasteiger partial charge in [-0.1, -0.05) is 20.8 Å². The topological polar surface area (TPSA) is 29.1 Å². The van der Waals surface area contributed by atoms with Crippen LogP contribution in [0.2, 0.25) is 0 Å². The van der Waals surface area contributed by atoms with Crippen molar-refractivity contribution in [2.24, 2.45) is 5.92 Å². The highest BCUT2D eigenvalue weighted by atomic mass is 16.1. The molecule has 0 aliphatic carbocycles. The Balaban J connectivity index is 3.12. The molecule has 0 aromatic heterocycles. The second kappa shape index (κ2) is 5.27. The minimum atomic E-state index is 0.0284. The first kappa shape index (κ1) is 9.47. The van der Waals surface area contributed by atoms with E-state index in [0.717, 1.165) is 13.0 Å². The van der Waals surface area contributed by atoms with E-state index < -0.39 is 0 Å². The maximum absolute atomic E-state index is 10.6. The first-order chi connectivity index (χ1) is 4.66. The lowest BCUT2D eigenvalue weighted by Gasteiger charge is -2.04. The smallest absolute Gasteiger partial charge is 0.223 e. The Bertz CT molecular complexity index is 99.4. The van der Waals surface area contributed by atoms with Crippen molar-refractivity contribution in [3.8, 4) is 0 Å². The highest BCUT2D eigenvalue weighted by Gasteiger charge is 1.96. The van der Waals surface area contributed by atoms with Gasteiger partial charge in [0.25, 0.3) is 0 Å². The van der Waals surface area contributed by atoms with Gasteiger partial charge in [-0.3, -0.25) is 4.79 Å². The Morgan fingerprint density at radius 1 is 1.60 bits per heavy atom. The molecule has 0 aromatic rings. The van der Waals surface area contributed by atoms with Gasteiger partial charge in [0, 0.05) is 13.0 Å². The lowest BCUT2D eigenvalue weighted by Crippen LogP contribution is -2.24. The molecule has 0 unspecified atom stereocenters. The summed E-state index contributed by atoms with van der Waals surface area (Å²) in [4.78, 5) is 10.6. The molecule has 0 heterocycles. The maximum Gasteiger partial charge on any atom is 0.223 e. The van der Waals surface area contributed by atoms with E-state index in [4.69, 9.17) is 0 Å². The van der Waals surface area contributed by atoms with E-state index >= 15 is 0 Å². The molecule has 0 aromatic carbocycles. The van der Waals surface area contributed by atoms with Crippen LogP contribution in [0.25, 0.3) is 0 Å². The molecule has 0 aliphatic heterocycles. The summed E-state index contributed by atoms with van der Waals surface area (Å²) < 4.78 is 0. The van der Waals surface area contributed by atoms with Crippen LogP contribution < -0.4 is 5.32 Å². The lowest BCUT2D eigenvalue weighted by atomic mass is 10.1. The van der Waals surface area contributed by atoms with Crippen LogP contribution in [0.15, 0.2) is 0 Å². The Kier molecular flexibility index (Phi) is 4.99. The zero-order valence-electron chi connectivity index (χ0n) is 6.98. The van der Waals surface area contributed by atoms with Crippen molar-refractivity contribution < 1.29 is 4.79 Å². The van der Waals surface area contributed by atoms with Crippen LogP contribution in [0.3, 0.4) is 0 Å². The summed E-state index contributed by atoms with van der Waals surface area (Å²) in [5.74, 6) is 0.692. The molecule has 0 spiro atoms. The Labute approximate surface area is 63.0 Å². The fourth-order valence-electron chi connectivity index (χ4n) is 0.586. The van der Waals surface area contributed by atoms with Gasteiger partial charge < -0.3 is 5.32 Å². The molecule has 1 N–H and O–H groups in total. The summed E-state index contributed by atoms with van der Waals surface area (Å²) in [6, 6.07) is 0. The molecular formula is C8H16NO. The lowest BCUT2D eigenvalue weighted by molar-refractivity contribution is -0.117. The number of rotatable bonds is 4. The fraction of sp³-hybridized carbons (Fsp3) is 0.750. The van der Waals surface area contributed by atoms with Crippen LogP contribution in [0.1, 0.15) is 27.2 Å². The molecule has 10 heavy (non-hydrogen) atoms. The molecule has 0 saturated carbocycles. The number of carbonyl (C=O) groups is 1. The standard InChI is InChI=1S/C8H16NO/c1-4-8(10)9-6-5-7(2)3/h4,7H,5-6H2,1-3H3,(H,9,10). The fourth-order valence-corrected chi connectivity index (χ4v) is 0.586. The average molecular weight is 142 g/mol. The van der Waals surface area contributed by atoms with Crippen LogP contribution in [0.4, 0.5) is 0 Å². The first-order valence-electron chi connectivity index (χ1n) is 3.74. The van der Waals surface area contributed by atoms with Crippen LogP contribution >= 0.6 is 0 Å². The van der Waals surface area contributed by atoms with Gasteiger partial charge in [0.1, 0.15) is 0 Å². The van der Waals surface area contributed by atoms with Gasteiger partial charge in [-0.2, -0.15) is 0 Å². The van der Waals surface area contributed by atoms with E-state index in [0.29, 0.717) is 5.92 Å². The van der Waals surface area contributed by atoms with Gasteiger partial charge in [0.15, 0.2) is 0 Å². The average Bonchev–Trinajstić information content (AvgIpc) is 1.87. The predicted molar refractivity (Wildman–Crippen MR) is 42.4 cm³/mol. The minimum absolute atomic E-state index is 0.0284. The largest absolute Gasteiger partial charge is 0.356 e. The Morgan fingerprint density at radius 3 is 2.60 bits per heavy atom. The zero-order chi connectivity index (χ0) is 7.98. The summed E-state index contributed by atoms with van der Waals surface area (Å²) >= 11 is 0. The third-order valence-electron chi connectivity index (χ3n) is 1.28. The van der Waals surface area contributed by atoms with Crippen molar-refractivity contribution in [1.82, 2.24) is 5.32 Å². The molecule has 0 rings (SSSR count). The van der Waals surface area contributed by atoms with E-state index in [1.54, 1.807) is 13.3 Å². The zero-order valence-corrected chi connectivity index (χ0v) is 6.98. The van der Waals surface area contributed by atoms with Crippen molar-refractivity contribution in [3.63, 3.8) is 0 Å². The van der Waals surface area contributed by atoms with E-state index in [-0.39, 0.29) is 5.91 Å². The molecular weight excluding hydrogens is 126 g/mol. The Hall–Kier alpha value is -0.530. The summed E-state index contributed by atoms with van der Waals surface area (Å²) in [5, 5.41) is 2.77. The van der Waals surface area contributed by atoms with Crippen molar-refractivity contribution in [2.45, 2.75) is 27.2 Å². The second-order valence-electron chi connectivity index (χ2n) is 2.76. The van der Waals surface area contributed by atoms with E-state index in [9.17, 15) is 4.79 Å². The van der Waals surface area contributed by atoms with Gasteiger partial charge in [0.2, 0.25) is 5.91 Å². The van der Waals surface area contributed by atoms with Crippen molar-refractivity contribution in [3.05, 3.63) is 6.42 Å². The van der Waals surface area contributed by atoms with Crippen LogP contribution in [0.5, 0.6) is 0 Å². The number of amides is 1. The van der Waals surface area contributed by atoms with Crippen molar-refractivity contribution in [1.29, 1.82) is 0 Å². The molecule has 0 fully saturated rings. The number of hydrogen-bond acceptors (Lipinski definition) is 1. The summed E-state index contributed by atoms with van der Waals surface area (Å²) in [5.41, 5.74) is 0. The molecule has 0 bridgehead atoms. The van der Waals surface area contributed by atoms with Crippen molar-refractivity contribution in [2.75, 3.05) is 6.54 Å². The van der Waals surface area contributed by atoms with Gasteiger partial charge in [-0.25, -0.2) is 0 Å². The molecule has 0 saturated heterocycles. The highest BCUT2D eigenvalue weighted by molar-refractivity contribution is 5.83. The molecule has 59 valence electrons. The van der Waals surface area contributed by atoms with Gasteiger partial charge >= 0.3 is 0 Å². The molecule has 1 amide bonds. The minimum Gasteiger partial charge on any atom is -0.356 e. The Morgan fingerprint density at radius 2 is 2.20 bits per heavy atom. The maximum atomic E-state index is 10.6. The number of nitrogens with one attached hydrogen (secondary N) is 1. The van der Waals surface area contributed by atoms with E-state index in [1.165, 1.54) is 0 Å². The SMILES string of the molecule is C[CH]C(=O)NCCC(C)C. The summed E-state index contributed by atoms with van der Waals surface area (Å²) in [6.07, 6.45) is 2.60. The third-order valence-corrected chi connectivity index (χ3v) is 1.28. The summed E-state index contributed by atoms with van der Waals surface area (Å²) in [7, 11) is 0. The van der Waals surface area contributed by atoms with Gasteiger partial charge in [0.05, 0.1) is 0 Å². The van der Waals surface area contributed by atoms with E-state index in [1.807, 2.05) is 0 Å². The molecule has 0 atom stereocenters. The predicted octanol–water partition coefficient (Wildman–Crippen LogP) is 1.37. The molecule has 0 aliphatic rings. The monoisotopic (exact) mass is 142 g/mol. The van der Waals surface area contributed by atoms with Gasteiger partial charge in [-0.15, -0.1) is 0 Å². The summed E-state index contributed by atoms with van der Waals surface area (Å²) in [6.45, 7) is 6.81. The quantitative estimate of drug-likeness (QED) is 0.631. The molecule has 2 heteroatoms. The normalized spacial score (nSPS) is 10.0. The van der Waals surface area contributed by atoms with E-state index in [2.05, 4.69) is 19.2 Å². The van der Waals surface area contributed by atoms with Crippen LogP contribution in [-0.4, -0.2) is 12.5 Å². The van der Waals surface area contributed by atoms with Crippen LogP contribution in [0, 0.1) is 12.3 Å². The third kappa shape index (κ3) is 5.60. The molecule has 1 radical (unpaired) electrons. The molecule has 2 nitrogen and oxygen atoms in total. The highest BCUT2D eigenvalue weighted by Crippen LogP contribution is 1.95. The number of carbonyl (C=O) groups excluding carboxylic acids is 1. The van der Waals surface area contributed by atoms with Gasteiger partial charge in [-0.05, 0) is 12.3 Å². The number of hydrogen-bond donors (Lipinski definition) is 1. The van der Waals surface area contributed by atoms with Crippen molar-refractivity contribution >= 4 is 5.91 Å². The second-order valence-corrected chi connectivity index (χ2v) is 2.76.